The Morgan fingerprint density at radius 3 is 2.65 bits per heavy atom. The molecule has 8 heteroatoms. The Kier molecular flexibility index (Phi) is 4.04. The molecule has 2 aromatic rings. The molecule has 2 unspecified atom stereocenters. The Morgan fingerprint density at radius 1 is 1.26 bits per heavy atom. The van der Waals surface area contributed by atoms with Crippen molar-refractivity contribution in [1.82, 2.24) is 4.90 Å². The number of benzene rings is 2. The van der Waals surface area contributed by atoms with Crippen LogP contribution in [0.15, 0.2) is 47.0 Å². The van der Waals surface area contributed by atoms with E-state index in [4.69, 9.17) is 16.2 Å². The van der Waals surface area contributed by atoms with E-state index in [-0.39, 0.29) is 28.8 Å². The minimum absolute atomic E-state index is 0.240. The van der Waals surface area contributed by atoms with E-state index >= 15 is 0 Å². The summed E-state index contributed by atoms with van der Waals surface area (Å²) in [5.74, 6) is -1.97. The molecule has 2 aliphatic heterocycles. The molecule has 0 saturated carbocycles. The van der Waals surface area contributed by atoms with Gasteiger partial charge in [0.15, 0.2) is 0 Å². The largest absolute Gasteiger partial charge is 0.454 e. The number of aliphatic hydroxyl groups is 1. The van der Waals surface area contributed by atoms with Crippen LogP contribution >= 0.6 is 11.8 Å². The maximum absolute atomic E-state index is 14.1. The summed E-state index contributed by atoms with van der Waals surface area (Å²) in [7, 11) is 0. The second kappa shape index (κ2) is 6.27. The number of fused-ring (bicyclic) bond motifs is 5. The molecule has 5 N–H and O–H groups in total. The summed E-state index contributed by atoms with van der Waals surface area (Å²) in [5, 5.41) is 12.1. The zero-order chi connectivity index (χ0) is 22.3. The van der Waals surface area contributed by atoms with Crippen molar-refractivity contribution in [3.05, 3.63) is 69.3 Å². The van der Waals surface area contributed by atoms with E-state index in [0.717, 1.165) is 5.56 Å². The summed E-state index contributed by atoms with van der Waals surface area (Å²) in [5.41, 5.74) is 13.1. The van der Waals surface area contributed by atoms with E-state index in [1.54, 1.807) is 30.0 Å². The third-order valence-corrected chi connectivity index (χ3v) is 7.70. The summed E-state index contributed by atoms with van der Waals surface area (Å²) >= 11 is 1.24. The Hall–Kier alpha value is -2.97. The lowest BCUT2D eigenvalue weighted by Gasteiger charge is -2.42. The first-order chi connectivity index (χ1) is 14.6. The first-order valence-corrected chi connectivity index (χ1v) is 11.0. The average Bonchev–Trinajstić information content (AvgIpc) is 3.27. The second-order valence-electron chi connectivity index (χ2n) is 8.45. The Morgan fingerprint density at radius 2 is 2.00 bits per heavy atom. The van der Waals surface area contributed by atoms with Gasteiger partial charge in [-0.15, -0.1) is 0 Å². The molecular weight excluding hydrogens is 414 g/mol. The molecule has 0 fully saturated rings. The van der Waals surface area contributed by atoms with Crippen LogP contribution in [0, 0.1) is 0 Å². The smallest absolute Gasteiger partial charge is 0.271 e. The molecule has 3 aliphatic rings. The van der Waals surface area contributed by atoms with Crippen molar-refractivity contribution in [2.45, 2.75) is 38.0 Å². The third kappa shape index (κ3) is 2.24. The van der Waals surface area contributed by atoms with Gasteiger partial charge >= 0.3 is 0 Å². The Bertz CT molecular complexity index is 1210. The number of thioether (sulfide) groups is 1. The van der Waals surface area contributed by atoms with E-state index in [9.17, 15) is 14.7 Å². The molecule has 1 amide bonds. The molecule has 2 atom stereocenters. The van der Waals surface area contributed by atoms with Crippen LogP contribution in [-0.2, 0) is 16.1 Å². The Balaban J connectivity index is 1.84. The van der Waals surface area contributed by atoms with Crippen molar-refractivity contribution >= 4 is 29.1 Å². The van der Waals surface area contributed by atoms with E-state index in [1.165, 1.54) is 11.8 Å². The van der Waals surface area contributed by atoms with E-state index in [2.05, 4.69) is 13.8 Å². The molecule has 0 bridgehead atoms. The zero-order valence-corrected chi connectivity index (χ0v) is 18.2. The van der Waals surface area contributed by atoms with Gasteiger partial charge < -0.3 is 26.2 Å². The summed E-state index contributed by atoms with van der Waals surface area (Å²) in [4.78, 5) is 28.2. The van der Waals surface area contributed by atoms with E-state index < -0.39 is 17.2 Å². The minimum Gasteiger partial charge on any atom is -0.454 e. The van der Waals surface area contributed by atoms with Crippen molar-refractivity contribution in [3.63, 3.8) is 0 Å². The van der Waals surface area contributed by atoms with Crippen LogP contribution in [0.4, 0.5) is 5.69 Å². The molecule has 1 aliphatic carbocycles. The number of hydrogen-bond donors (Lipinski definition) is 3. The highest BCUT2D eigenvalue weighted by Crippen LogP contribution is 2.64. The van der Waals surface area contributed by atoms with Crippen LogP contribution in [0.25, 0.3) is 0 Å². The van der Waals surface area contributed by atoms with Crippen LogP contribution < -0.4 is 16.2 Å². The van der Waals surface area contributed by atoms with Gasteiger partial charge in [0.2, 0.25) is 11.3 Å². The monoisotopic (exact) mass is 437 g/mol. The van der Waals surface area contributed by atoms with Crippen molar-refractivity contribution in [3.8, 4) is 5.75 Å². The van der Waals surface area contributed by atoms with Gasteiger partial charge in [-0.25, -0.2) is 0 Å². The molecule has 160 valence electrons. The Labute approximate surface area is 184 Å². The van der Waals surface area contributed by atoms with Gasteiger partial charge in [0.1, 0.15) is 5.75 Å². The number of carbonyl (C=O) groups is 2. The SMILES string of the molecule is CC1=C(C(N)=O)SCN1C12C(=O)c3c(N)cccc3C1(O)Oc1cc(C(C)C)ccc12. The number of allylic oxidation sites excluding steroid dienone is 1. The molecule has 31 heavy (non-hydrogen) atoms. The number of amides is 1. The van der Waals surface area contributed by atoms with Gasteiger partial charge in [-0.2, -0.15) is 0 Å². The number of carbonyl (C=O) groups excluding carboxylic acids is 2. The normalized spacial score (nSPS) is 26.2. The number of rotatable bonds is 3. The summed E-state index contributed by atoms with van der Waals surface area (Å²) < 4.78 is 6.21. The molecule has 0 saturated heterocycles. The van der Waals surface area contributed by atoms with E-state index in [0.29, 0.717) is 27.5 Å². The number of nitrogens with zero attached hydrogens (tertiary/aromatic N) is 1. The highest BCUT2D eigenvalue weighted by atomic mass is 32.2. The topological polar surface area (TPSA) is 119 Å². The number of nitrogens with two attached hydrogens (primary N) is 2. The zero-order valence-electron chi connectivity index (χ0n) is 17.4. The highest BCUT2D eigenvalue weighted by molar-refractivity contribution is 8.04. The third-order valence-electron chi connectivity index (χ3n) is 6.53. The summed E-state index contributed by atoms with van der Waals surface area (Å²) in [6.07, 6.45) is 0. The molecule has 2 aromatic carbocycles. The van der Waals surface area contributed by atoms with Crippen LogP contribution in [0.1, 0.15) is 53.7 Å². The van der Waals surface area contributed by atoms with Gasteiger partial charge in [0, 0.05) is 22.5 Å². The molecule has 5 rings (SSSR count). The van der Waals surface area contributed by atoms with Crippen LogP contribution in [0.3, 0.4) is 0 Å². The van der Waals surface area contributed by atoms with E-state index in [1.807, 2.05) is 18.2 Å². The number of Topliss-reactive ketones (excluding diaryl/α,β-unsaturated/α-hetero) is 1. The lowest BCUT2D eigenvalue weighted by molar-refractivity contribution is -0.194. The van der Waals surface area contributed by atoms with Gasteiger partial charge in [-0.05, 0) is 30.5 Å². The molecule has 0 aromatic heterocycles. The van der Waals surface area contributed by atoms with Crippen molar-refractivity contribution < 1.29 is 19.4 Å². The maximum Gasteiger partial charge on any atom is 0.271 e. The lowest BCUT2D eigenvalue weighted by Crippen LogP contribution is -2.58. The second-order valence-corrected chi connectivity index (χ2v) is 9.40. The number of ether oxygens (including phenoxy) is 1. The minimum atomic E-state index is -2.00. The van der Waals surface area contributed by atoms with Gasteiger partial charge in [-0.3, -0.25) is 9.59 Å². The van der Waals surface area contributed by atoms with Crippen LogP contribution in [0.2, 0.25) is 0 Å². The van der Waals surface area contributed by atoms with Gasteiger partial charge in [-0.1, -0.05) is 49.9 Å². The first-order valence-electron chi connectivity index (χ1n) is 10.0. The number of ketones is 1. The fraction of sp³-hybridized carbons (Fsp3) is 0.304. The lowest BCUT2D eigenvalue weighted by atomic mass is 9.80. The van der Waals surface area contributed by atoms with Crippen molar-refractivity contribution in [1.29, 1.82) is 0 Å². The van der Waals surface area contributed by atoms with Crippen molar-refractivity contribution in [2.75, 3.05) is 11.6 Å². The fourth-order valence-corrected chi connectivity index (χ4v) is 6.12. The summed E-state index contributed by atoms with van der Waals surface area (Å²) in [6, 6.07) is 10.6. The molecular formula is C23H23N3O4S. The quantitative estimate of drug-likeness (QED) is 0.632. The predicted octanol–water partition coefficient (Wildman–Crippen LogP) is 2.74. The first kappa shape index (κ1) is 20.0. The standard InChI is InChI=1S/C23H23N3O4S/c1-11(2)13-7-8-14-17(9-13)30-23(29)15-5-4-6-16(24)18(15)20(27)22(14,23)26-10-31-19(12(26)3)21(25)28/h4-9,11,29H,10,24H2,1-3H3,(H2,25,28). The predicted molar refractivity (Wildman–Crippen MR) is 118 cm³/mol. The van der Waals surface area contributed by atoms with Crippen LogP contribution in [0.5, 0.6) is 5.75 Å². The number of anilines is 1. The molecule has 0 spiro atoms. The van der Waals surface area contributed by atoms with Crippen molar-refractivity contribution in [2.24, 2.45) is 5.73 Å². The van der Waals surface area contributed by atoms with Crippen LogP contribution in [-0.4, -0.2) is 27.6 Å². The molecule has 2 heterocycles. The fourth-order valence-electron chi connectivity index (χ4n) is 5.01. The maximum atomic E-state index is 14.1. The molecule has 0 radical (unpaired) electrons. The number of hydrogen-bond acceptors (Lipinski definition) is 7. The van der Waals surface area contributed by atoms with Gasteiger partial charge in [0.05, 0.1) is 16.3 Å². The number of primary amides is 1. The average molecular weight is 438 g/mol. The van der Waals surface area contributed by atoms with Gasteiger partial charge in [0.25, 0.3) is 11.7 Å². The highest BCUT2D eigenvalue weighted by Gasteiger charge is 2.74. The molecule has 7 nitrogen and oxygen atoms in total. The summed E-state index contributed by atoms with van der Waals surface area (Å²) in [6.45, 7) is 5.86. The number of nitrogen functional groups attached to an aromatic ring is 1.